The second kappa shape index (κ2) is 8.52. The molecule has 2 aromatic carbocycles. The van der Waals surface area contributed by atoms with E-state index in [2.05, 4.69) is 19.1 Å². The van der Waals surface area contributed by atoms with Gasteiger partial charge in [0.25, 0.3) is 0 Å². The van der Waals surface area contributed by atoms with Gasteiger partial charge < -0.3 is 0 Å². The van der Waals surface area contributed by atoms with Crippen LogP contribution in [0.5, 0.6) is 0 Å². The minimum Gasteiger partial charge on any atom is -0.207 e. The molecule has 1 fully saturated rings. The van der Waals surface area contributed by atoms with Gasteiger partial charge in [0.2, 0.25) is 0 Å². The van der Waals surface area contributed by atoms with Gasteiger partial charge in [0.05, 0.1) is 0 Å². The summed E-state index contributed by atoms with van der Waals surface area (Å²) in [6.07, 6.45) is 8.68. The van der Waals surface area contributed by atoms with Crippen LogP contribution in [-0.2, 0) is 6.42 Å². The zero-order valence-corrected chi connectivity index (χ0v) is 16.9. The van der Waals surface area contributed by atoms with Crippen LogP contribution in [0.1, 0.15) is 67.6 Å². The summed E-state index contributed by atoms with van der Waals surface area (Å²) in [5, 5.41) is 0. The number of allylic oxidation sites excluding steroid dienone is 2. The molecule has 2 aliphatic rings. The van der Waals surface area contributed by atoms with Crippen molar-refractivity contribution in [2.24, 2.45) is 11.8 Å². The van der Waals surface area contributed by atoms with Crippen LogP contribution in [0.15, 0.2) is 36.4 Å². The highest BCUT2D eigenvalue weighted by molar-refractivity contribution is 5.38. The van der Waals surface area contributed by atoms with Gasteiger partial charge >= 0.3 is 0 Å². The highest BCUT2D eigenvalue weighted by Crippen LogP contribution is 2.54. The number of fused-ring (bicyclic) bond motifs is 3. The van der Waals surface area contributed by atoms with E-state index in [9.17, 15) is 22.0 Å². The SMILES string of the molecule is CCCC=CC1CCC2c3cc(F)cc(F)c3CCC2C1c1cc(F)c(F)c(F)c1. The average Bonchev–Trinajstić information content (AvgIpc) is 2.71. The van der Waals surface area contributed by atoms with Gasteiger partial charge in [-0.05, 0) is 90.7 Å². The molecule has 160 valence electrons. The van der Waals surface area contributed by atoms with Crippen LogP contribution in [0, 0.1) is 40.9 Å². The fraction of sp³-hybridized carbons (Fsp3) is 0.440. The fourth-order valence-corrected chi connectivity index (χ4v) is 5.54. The lowest BCUT2D eigenvalue weighted by molar-refractivity contribution is 0.193. The monoisotopic (exact) mass is 420 g/mol. The van der Waals surface area contributed by atoms with Crippen molar-refractivity contribution in [3.63, 3.8) is 0 Å². The Kier molecular flexibility index (Phi) is 5.99. The van der Waals surface area contributed by atoms with Crippen molar-refractivity contribution in [2.75, 3.05) is 0 Å². The van der Waals surface area contributed by atoms with E-state index in [4.69, 9.17) is 0 Å². The maximum atomic E-state index is 14.4. The summed E-state index contributed by atoms with van der Waals surface area (Å²) in [4.78, 5) is 0. The molecule has 0 aromatic heterocycles. The normalized spacial score (nSPS) is 25.9. The smallest absolute Gasteiger partial charge is 0.194 e. The molecule has 30 heavy (non-hydrogen) atoms. The van der Waals surface area contributed by atoms with Crippen LogP contribution in [-0.4, -0.2) is 0 Å². The third-order valence-corrected chi connectivity index (χ3v) is 6.80. The first-order chi connectivity index (χ1) is 14.4. The van der Waals surface area contributed by atoms with Crippen molar-refractivity contribution in [3.8, 4) is 0 Å². The van der Waals surface area contributed by atoms with Crippen LogP contribution < -0.4 is 0 Å². The summed E-state index contributed by atoms with van der Waals surface area (Å²) >= 11 is 0. The Morgan fingerprint density at radius 3 is 2.33 bits per heavy atom. The van der Waals surface area contributed by atoms with Crippen LogP contribution >= 0.6 is 0 Å². The quantitative estimate of drug-likeness (QED) is 0.272. The molecule has 0 aliphatic heterocycles. The molecule has 0 amide bonds. The van der Waals surface area contributed by atoms with Crippen molar-refractivity contribution in [1.29, 1.82) is 0 Å². The molecule has 4 atom stereocenters. The molecule has 0 spiro atoms. The maximum absolute atomic E-state index is 14.4. The van der Waals surface area contributed by atoms with Crippen molar-refractivity contribution in [2.45, 2.75) is 57.3 Å². The van der Waals surface area contributed by atoms with Gasteiger partial charge in [-0.15, -0.1) is 0 Å². The topological polar surface area (TPSA) is 0 Å². The van der Waals surface area contributed by atoms with Crippen molar-refractivity contribution < 1.29 is 22.0 Å². The lowest BCUT2D eigenvalue weighted by atomic mass is 9.58. The molecule has 0 nitrogen and oxygen atoms in total. The van der Waals surface area contributed by atoms with E-state index in [1.165, 1.54) is 6.07 Å². The summed E-state index contributed by atoms with van der Waals surface area (Å²) in [6.45, 7) is 2.07. The Balaban J connectivity index is 1.78. The summed E-state index contributed by atoms with van der Waals surface area (Å²) in [7, 11) is 0. The van der Waals surface area contributed by atoms with E-state index in [0.29, 0.717) is 29.5 Å². The standard InChI is InChI=1S/C25H25F5/c1-2-3-4-5-14-6-7-17-19(9-8-18-20(17)12-16(26)13-21(18)27)24(14)15-10-22(28)25(30)23(29)11-15/h4-5,10-14,17,19,24H,2-3,6-9H2,1H3. The number of halogens is 5. The van der Waals surface area contributed by atoms with Gasteiger partial charge in [0.1, 0.15) is 11.6 Å². The molecule has 0 saturated heterocycles. The van der Waals surface area contributed by atoms with E-state index in [1.54, 1.807) is 0 Å². The Morgan fingerprint density at radius 1 is 0.900 bits per heavy atom. The third-order valence-electron chi connectivity index (χ3n) is 6.80. The first kappa shape index (κ1) is 21.1. The zero-order valence-electron chi connectivity index (χ0n) is 16.9. The van der Waals surface area contributed by atoms with Crippen molar-refractivity contribution >= 4 is 0 Å². The van der Waals surface area contributed by atoms with Crippen molar-refractivity contribution in [3.05, 3.63) is 82.2 Å². The summed E-state index contributed by atoms with van der Waals surface area (Å²) in [5.41, 5.74) is 1.65. The second-order valence-corrected chi connectivity index (χ2v) is 8.55. The third kappa shape index (κ3) is 3.79. The molecule has 4 rings (SSSR count). The molecule has 2 aliphatic carbocycles. The van der Waals surface area contributed by atoms with E-state index in [1.807, 2.05) is 0 Å². The Bertz CT molecular complexity index is 941. The first-order valence-corrected chi connectivity index (χ1v) is 10.7. The lowest BCUT2D eigenvalue weighted by Gasteiger charge is -2.46. The second-order valence-electron chi connectivity index (χ2n) is 8.55. The summed E-state index contributed by atoms with van der Waals surface area (Å²) in [6, 6.07) is 4.51. The minimum absolute atomic E-state index is 0.0204. The lowest BCUT2D eigenvalue weighted by Crippen LogP contribution is -2.35. The molecule has 0 radical (unpaired) electrons. The van der Waals surface area contributed by atoms with E-state index >= 15 is 0 Å². The Labute approximate surface area is 173 Å². The van der Waals surface area contributed by atoms with Gasteiger partial charge in [-0.25, -0.2) is 22.0 Å². The molecule has 5 heteroatoms. The number of rotatable bonds is 4. The summed E-state index contributed by atoms with van der Waals surface area (Å²) < 4.78 is 70.1. The van der Waals surface area contributed by atoms with Crippen molar-refractivity contribution in [1.82, 2.24) is 0 Å². The fourth-order valence-electron chi connectivity index (χ4n) is 5.54. The van der Waals surface area contributed by atoms with Gasteiger partial charge in [0.15, 0.2) is 17.5 Å². The molecule has 0 heterocycles. The first-order valence-electron chi connectivity index (χ1n) is 10.7. The number of hydrogen-bond acceptors (Lipinski definition) is 0. The molecule has 0 bridgehead atoms. The average molecular weight is 420 g/mol. The molecule has 4 unspecified atom stereocenters. The Morgan fingerprint density at radius 2 is 1.63 bits per heavy atom. The maximum Gasteiger partial charge on any atom is 0.194 e. The molecular formula is C25H25F5. The summed E-state index contributed by atoms with van der Waals surface area (Å²) in [5.74, 6) is -5.29. The van der Waals surface area contributed by atoms with Crippen LogP contribution in [0.4, 0.5) is 22.0 Å². The number of unbranched alkanes of at least 4 members (excludes halogenated alkanes) is 1. The Hall–Kier alpha value is -2.17. The van der Waals surface area contributed by atoms with Gasteiger partial charge in [-0.3, -0.25) is 0 Å². The zero-order chi connectivity index (χ0) is 21.4. The van der Waals surface area contributed by atoms with Gasteiger partial charge in [-0.1, -0.05) is 25.5 Å². The van der Waals surface area contributed by atoms with Gasteiger partial charge in [-0.2, -0.15) is 0 Å². The number of benzene rings is 2. The molecule has 0 N–H and O–H groups in total. The largest absolute Gasteiger partial charge is 0.207 e. The predicted molar refractivity (Wildman–Crippen MR) is 107 cm³/mol. The van der Waals surface area contributed by atoms with Gasteiger partial charge in [0, 0.05) is 6.07 Å². The van der Waals surface area contributed by atoms with E-state index in [-0.39, 0.29) is 23.7 Å². The van der Waals surface area contributed by atoms with E-state index in [0.717, 1.165) is 43.9 Å². The molecule has 2 aromatic rings. The highest BCUT2D eigenvalue weighted by atomic mass is 19.2. The number of hydrogen-bond donors (Lipinski definition) is 0. The minimum atomic E-state index is -1.47. The molecular weight excluding hydrogens is 395 g/mol. The molecule has 1 saturated carbocycles. The van der Waals surface area contributed by atoms with Crippen LogP contribution in [0.25, 0.3) is 0 Å². The predicted octanol–water partition coefficient (Wildman–Crippen LogP) is 7.58. The van der Waals surface area contributed by atoms with Crippen LogP contribution in [0.3, 0.4) is 0 Å². The van der Waals surface area contributed by atoms with Crippen LogP contribution in [0.2, 0.25) is 0 Å². The highest BCUT2D eigenvalue weighted by Gasteiger charge is 2.43. The van der Waals surface area contributed by atoms with E-state index < -0.39 is 29.1 Å².